The molecule has 0 aromatic rings. The highest BCUT2D eigenvalue weighted by Crippen LogP contribution is 2.37. The Morgan fingerprint density at radius 3 is 2.29 bits per heavy atom. The maximum absolute atomic E-state index is 12.4. The van der Waals surface area contributed by atoms with Crippen LogP contribution < -0.4 is 5.32 Å². The van der Waals surface area contributed by atoms with E-state index in [2.05, 4.69) is 5.32 Å². The standard InChI is InChI=1S/C11H18F3NO2/c12-11(13,14)8-3-5-9(6-4-8)15-10(17)2-1-7-16/h8-9,16H,1-7H2,(H,15,17). The van der Waals surface area contributed by atoms with Crippen molar-refractivity contribution < 1.29 is 23.1 Å². The number of nitrogens with one attached hydrogen (secondary N) is 1. The molecule has 2 N–H and O–H groups in total. The topological polar surface area (TPSA) is 49.3 Å². The number of alkyl halides is 3. The van der Waals surface area contributed by atoms with Gasteiger partial charge in [0.25, 0.3) is 0 Å². The van der Waals surface area contributed by atoms with Crippen LogP contribution in [0.5, 0.6) is 0 Å². The van der Waals surface area contributed by atoms with E-state index < -0.39 is 12.1 Å². The smallest absolute Gasteiger partial charge is 0.391 e. The molecule has 6 heteroatoms. The number of aliphatic hydroxyl groups is 1. The fourth-order valence-electron chi connectivity index (χ4n) is 2.10. The van der Waals surface area contributed by atoms with Gasteiger partial charge in [-0.3, -0.25) is 4.79 Å². The molecule has 0 aromatic carbocycles. The largest absolute Gasteiger partial charge is 0.396 e. The predicted octanol–water partition coefficient (Wildman–Crippen LogP) is 2.00. The van der Waals surface area contributed by atoms with E-state index in [1.165, 1.54) is 0 Å². The monoisotopic (exact) mass is 253 g/mol. The minimum atomic E-state index is -4.11. The van der Waals surface area contributed by atoms with Gasteiger partial charge < -0.3 is 10.4 Å². The third-order valence-electron chi connectivity index (χ3n) is 3.12. The Morgan fingerprint density at radius 2 is 1.82 bits per heavy atom. The molecule has 0 unspecified atom stereocenters. The maximum Gasteiger partial charge on any atom is 0.391 e. The first-order valence-corrected chi connectivity index (χ1v) is 5.90. The Balaban J connectivity index is 2.25. The highest BCUT2D eigenvalue weighted by molar-refractivity contribution is 5.76. The van der Waals surface area contributed by atoms with Gasteiger partial charge in [0, 0.05) is 19.1 Å². The Morgan fingerprint density at radius 1 is 1.24 bits per heavy atom. The van der Waals surface area contributed by atoms with E-state index in [1.54, 1.807) is 0 Å². The van der Waals surface area contributed by atoms with E-state index in [0.717, 1.165) is 0 Å². The summed E-state index contributed by atoms with van der Waals surface area (Å²) in [7, 11) is 0. The van der Waals surface area contributed by atoms with Crippen LogP contribution in [0, 0.1) is 5.92 Å². The lowest BCUT2D eigenvalue weighted by Gasteiger charge is -2.30. The lowest BCUT2D eigenvalue weighted by molar-refractivity contribution is -0.182. The van der Waals surface area contributed by atoms with Crippen molar-refractivity contribution in [2.75, 3.05) is 6.61 Å². The molecule has 1 aliphatic carbocycles. The molecular formula is C11H18F3NO2. The summed E-state index contributed by atoms with van der Waals surface area (Å²) in [5.74, 6) is -1.40. The fourth-order valence-corrected chi connectivity index (χ4v) is 2.10. The van der Waals surface area contributed by atoms with Gasteiger partial charge >= 0.3 is 6.18 Å². The van der Waals surface area contributed by atoms with Crippen molar-refractivity contribution in [3.63, 3.8) is 0 Å². The molecule has 1 fully saturated rings. The van der Waals surface area contributed by atoms with Crippen molar-refractivity contribution in [2.45, 2.75) is 50.7 Å². The zero-order valence-electron chi connectivity index (χ0n) is 9.59. The summed E-state index contributed by atoms with van der Waals surface area (Å²) >= 11 is 0. The first-order valence-electron chi connectivity index (χ1n) is 5.90. The van der Waals surface area contributed by atoms with Crippen LogP contribution in [0.1, 0.15) is 38.5 Å². The van der Waals surface area contributed by atoms with Crippen LogP contribution >= 0.6 is 0 Å². The van der Waals surface area contributed by atoms with E-state index in [9.17, 15) is 18.0 Å². The average molecular weight is 253 g/mol. The molecule has 0 spiro atoms. The Labute approximate surface area is 98.4 Å². The summed E-state index contributed by atoms with van der Waals surface area (Å²) in [6.07, 6.45) is -2.53. The van der Waals surface area contributed by atoms with Crippen LogP contribution in [-0.2, 0) is 4.79 Å². The number of hydrogen-bond acceptors (Lipinski definition) is 2. The second-order valence-corrected chi connectivity index (χ2v) is 4.48. The van der Waals surface area contributed by atoms with Crippen molar-refractivity contribution in [1.29, 1.82) is 0 Å². The van der Waals surface area contributed by atoms with E-state index in [-0.39, 0.29) is 37.8 Å². The predicted molar refractivity (Wildman–Crippen MR) is 56.3 cm³/mol. The minimum Gasteiger partial charge on any atom is -0.396 e. The van der Waals surface area contributed by atoms with Crippen LogP contribution in [-0.4, -0.2) is 29.8 Å². The van der Waals surface area contributed by atoms with Crippen LogP contribution in [0.3, 0.4) is 0 Å². The van der Waals surface area contributed by atoms with E-state index in [0.29, 0.717) is 19.3 Å². The Bertz CT molecular complexity index is 248. The number of amides is 1. The lowest BCUT2D eigenvalue weighted by atomic mass is 9.85. The van der Waals surface area contributed by atoms with Gasteiger partial charge in [-0.05, 0) is 32.1 Å². The molecule has 17 heavy (non-hydrogen) atoms. The quantitative estimate of drug-likeness (QED) is 0.805. The molecule has 0 saturated heterocycles. The highest BCUT2D eigenvalue weighted by Gasteiger charge is 2.41. The summed E-state index contributed by atoms with van der Waals surface area (Å²) < 4.78 is 37.1. The zero-order valence-corrected chi connectivity index (χ0v) is 9.59. The van der Waals surface area contributed by atoms with Gasteiger partial charge in [0.1, 0.15) is 0 Å². The van der Waals surface area contributed by atoms with Crippen LogP contribution in [0.4, 0.5) is 13.2 Å². The molecule has 0 aromatic heterocycles. The van der Waals surface area contributed by atoms with E-state index in [1.807, 2.05) is 0 Å². The molecular weight excluding hydrogens is 235 g/mol. The molecule has 0 heterocycles. The third kappa shape index (κ3) is 4.93. The first-order chi connectivity index (χ1) is 7.93. The summed E-state index contributed by atoms with van der Waals surface area (Å²) in [5, 5.41) is 11.2. The van der Waals surface area contributed by atoms with E-state index in [4.69, 9.17) is 5.11 Å². The SMILES string of the molecule is O=C(CCCO)NC1CCC(C(F)(F)F)CC1. The zero-order chi connectivity index (χ0) is 12.9. The number of carbonyl (C=O) groups excluding carboxylic acids is 1. The average Bonchev–Trinajstić information content (AvgIpc) is 2.26. The molecule has 0 aliphatic heterocycles. The molecule has 1 rings (SSSR count). The molecule has 100 valence electrons. The third-order valence-corrected chi connectivity index (χ3v) is 3.12. The van der Waals surface area contributed by atoms with Crippen molar-refractivity contribution in [1.82, 2.24) is 5.32 Å². The van der Waals surface area contributed by atoms with Crippen molar-refractivity contribution in [3.8, 4) is 0 Å². The van der Waals surface area contributed by atoms with Crippen LogP contribution in [0.25, 0.3) is 0 Å². The van der Waals surface area contributed by atoms with Crippen LogP contribution in [0.2, 0.25) is 0 Å². The number of carbonyl (C=O) groups is 1. The van der Waals surface area contributed by atoms with Gasteiger partial charge in [-0.25, -0.2) is 0 Å². The van der Waals surface area contributed by atoms with Crippen molar-refractivity contribution in [2.24, 2.45) is 5.92 Å². The maximum atomic E-state index is 12.4. The van der Waals surface area contributed by atoms with Gasteiger partial charge in [-0.15, -0.1) is 0 Å². The first kappa shape index (κ1) is 14.3. The summed E-state index contributed by atoms with van der Waals surface area (Å²) in [6, 6.07) is -0.139. The molecule has 0 atom stereocenters. The molecule has 0 radical (unpaired) electrons. The number of aliphatic hydroxyl groups excluding tert-OH is 1. The van der Waals surface area contributed by atoms with E-state index >= 15 is 0 Å². The molecule has 3 nitrogen and oxygen atoms in total. The van der Waals surface area contributed by atoms with Gasteiger partial charge in [0.05, 0.1) is 5.92 Å². The molecule has 1 aliphatic rings. The second kappa shape index (κ2) is 6.23. The summed E-state index contributed by atoms with van der Waals surface area (Å²) in [5.41, 5.74) is 0. The van der Waals surface area contributed by atoms with Crippen LogP contribution in [0.15, 0.2) is 0 Å². The molecule has 0 bridgehead atoms. The Hall–Kier alpha value is -0.780. The number of halogens is 3. The lowest BCUT2D eigenvalue weighted by Crippen LogP contribution is -2.40. The summed E-state index contributed by atoms with van der Waals surface area (Å²) in [6.45, 7) is -0.0474. The molecule has 1 amide bonds. The highest BCUT2D eigenvalue weighted by atomic mass is 19.4. The van der Waals surface area contributed by atoms with Gasteiger partial charge in [0.15, 0.2) is 0 Å². The molecule has 1 saturated carbocycles. The van der Waals surface area contributed by atoms with Crippen molar-refractivity contribution >= 4 is 5.91 Å². The van der Waals surface area contributed by atoms with Crippen molar-refractivity contribution in [3.05, 3.63) is 0 Å². The number of rotatable bonds is 4. The number of hydrogen-bond donors (Lipinski definition) is 2. The second-order valence-electron chi connectivity index (χ2n) is 4.48. The summed E-state index contributed by atoms with van der Waals surface area (Å²) in [4.78, 5) is 11.3. The van der Waals surface area contributed by atoms with Gasteiger partial charge in [0.2, 0.25) is 5.91 Å². The minimum absolute atomic E-state index is 0.0474. The normalized spacial score (nSPS) is 25.6. The Kier molecular flexibility index (Phi) is 5.24. The fraction of sp³-hybridized carbons (Fsp3) is 0.909. The van der Waals surface area contributed by atoms with Gasteiger partial charge in [-0.2, -0.15) is 13.2 Å². The van der Waals surface area contributed by atoms with Gasteiger partial charge in [-0.1, -0.05) is 0 Å².